The van der Waals surface area contributed by atoms with Crippen LogP contribution in [0, 0.1) is 5.92 Å². The Labute approximate surface area is 98.2 Å². The van der Waals surface area contributed by atoms with Crippen molar-refractivity contribution in [2.45, 2.75) is 39.8 Å². The van der Waals surface area contributed by atoms with E-state index in [1.807, 2.05) is 19.3 Å². The van der Waals surface area contributed by atoms with Gasteiger partial charge in [0, 0.05) is 18.3 Å². The third-order valence-corrected chi connectivity index (χ3v) is 2.94. The van der Waals surface area contributed by atoms with E-state index in [9.17, 15) is 0 Å². The summed E-state index contributed by atoms with van der Waals surface area (Å²) in [5.41, 5.74) is 1.17. The lowest BCUT2D eigenvalue weighted by Gasteiger charge is -2.17. The Bertz CT molecular complexity index is 308. The Hall–Kier alpha value is -1.09. The summed E-state index contributed by atoms with van der Waals surface area (Å²) < 4.78 is 5.71. The van der Waals surface area contributed by atoms with Gasteiger partial charge in [-0.3, -0.25) is 0 Å². The highest BCUT2D eigenvalue weighted by atomic mass is 16.5. The highest BCUT2D eigenvalue weighted by Crippen LogP contribution is 2.16. The lowest BCUT2D eigenvalue weighted by Crippen LogP contribution is -2.19. The summed E-state index contributed by atoms with van der Waals surface area (Å²) in [5, 5.41) is 3.18. The van der Waals surface area contributed by atoms with Crippen molar-refractivity contribution in [1.29, 1.82) is 0 Å². The highest BCUT2D eigenvalue weighted by molar-refractivity contribution is 5.20. The zero-order valence-electron chi connectivity index (χ0n) is 10.8. The van der Waals surface area contributed by atoms with Crippen LogP contribution in [-0.4, -0.2) is 18.1 Å². The smallest absolute Gasteiger partial charge is 0.213 e. The van der Waals surface area contributed by atoms with Gasteiger partial charge in [-0.2, -0.15) is 0 Å². The van der Waals surface area contributed by atoms with E-state index in [0.29, 0.717) is 17.8 Å². The molecule has 0 saturated heterocycles. The fourth-order valence-electron chi connectivity index (χ4n) is 1.21. The van der Waals surface area contributed by atoms with Crippen LogP contribution in [0.15, 0.2) is 18.3 Å². The molecule has 0 spiro atoms. The van der Waals surface area contributed by atoms with E-state index in [1.54, 1.807) is 0 Å². The first-order valence-electron chi connectivity index (χ1n) is 5.84. The van der Waals surface area contributed by atoms with Gasteiger partial charge in [0.2, 0.25) is 5.88 Å². The van der Waals surface area contributed by atoms with Crippen molar-refractivity contribution >= 4 is 0 Å². The largest absolute Gasteiger partial charge is 0.474 e. The number of nitrogens with one attached hydrogen (secondary N) is 1. The van der Waals surface area contributed by atoms with Crippen molar-refractivity contribution in [3.63, 3.8) is 0 Å². The van der Waals surface area contributed by atoms with Crippen molar-refractivity contribution in [1.82, 2.24) is 10.3 Å². The van der Waals surface area contributed by atoms with E-state index < -0.39 is 0 Å². The van der Waals surface area contributed by atoms with Gasteiger partial charge in [0.1, 0.15) is 0 Å². The maximum absolute atomic E-state index is 5.71. The molecule has 3 nitrogen and oxygen atoms in total. The summed E-state index contributed by atoms with van der Waals surface area (Å²) in [4.78, 5) is 4.31. The molecule has 16 heavy (non-hydrogen) atoms. The Kier molecular flexibility index (Phi) is 4.74. The van der Waals surface area contributed by atoms with Gasteiger partial charge in [0.15, 0.2) is 0 Å². The zero-order valence-corrected chi connectivity index (χ0v) is 10.8. The van der Waals surface area contributed by atoms with Crippen molar-refractivity contribution in [3.8, 4) is 5.88 Å². The lowest BCUT2D eigenvalue weighted by atomic mass is 10.1. The molecule has 0 aliphatic carbocycles. The van der Waals surface area contributed by atoms with E-state index >= 15 is 0 Å². The number of rotatable bonds is 5. The minimum Gasteiger partial charge on any atom is -0.474 e. The van der Waals surface area contributed by atoms with Crippen LogP contribution in [-0.2, 0) is 0 Å². The third kappa shape index (κ3) is 3.49. The molecular weight excluding hydrogens is 200 g/mol. The normalized spacial score (nSPS) is 14.9. The second-order valence-corrected chi connectivity index (χ2v) is 4.51. The fraction of sp³-hybridized carbons (Fsp3) is 0.615. The topological polar surface area (TPSA) is 34.1 Å². The quantitative estimate of drug-likeness (QED) is 0.831. The summed E-state index contributed by atoms with van der Waals surface area (Å²) >= 11 is 0. The van der Waals surface area contributed by atoms with Gasteiger partial charge in [-0.15, -0.1) is 0 Å². The van der Waals surface area contributed by atoms with E-state index in [2.05, 4.69) is 44.1 Å². The molecule has 90 valence electrons. The number of hydrogen-bond donors (Lipinski definition) is 1. The summed E-state index contributed by atoms with van der Waals surface area (Å²) in [7, 11) is 1.94. The van der Waals surface area contributed by atoms with Crippen LogP contribution in [0.25, 0.3) is 0 Å². The lowest BCUT2D eigenvalue weighted by molar-refractivity contribution is 0.163. The molecule has 1 N–H and O–H groups in total. The Morgan fingerprint density at radius 3 is 2.31 bits per heavy atom. The Morgan fingerprint density at radius 1 is 1.19 bits per heavy atom. The Morgan fingerprint density at radius 2 is 1.88 bits per heavy atom. The van der Waals surface area contributed by atoms with Crippen LogP contribution >= 0.6 is 0 Å². The summed E-state index contributed by atoms with van der Waals surface area (Å²) in [6.07, 6.45) is 2.06. The number of ether oxygens (including phenoxy) is 1. The predicted molar refractivity (Wildman–Crippen MR) is 66.6 cm³/mol. The van der Waals surface area contributed by atoms with Gasteiger partial charge in [-0.05, 0) is 32.4 Å². The fourth-order valence-corrected chi connectivity index (χ4v) is 1.21. The van der Waals surface area contributed by atoms with Crippen LogP contribution < -0.4 is 10.1 Å². The maximum atomic E-state index is 5.71. The van der Waals surface area contributed by atoms with Gasteiger partial charge in [-0.25, -0.2) is 4.98 Å². The predicted octanol–water partition coefficient (Wildman–Crippen LogP) is 2.79. The summed E-state index contributed by atoms with van der Waals surface area (Å²) in [5.74, 6) is 1.20. The van der Waals surface area contributed by atoms with Crippen LogP contribution in [0.1, 0.15) is 39.3 Å². The van der Waals surface area contributed by atoms with Crippen molar-refractivity contribution < 1.29 is 4.74 Å². The van der Waals surface area contributed by atoms with Crippen molar-refractivity contribution in [2.75, 3.05) is 7.05 Å². The molecule has 3 heteroatoms. The molecular formula is C13H22N2O. The van der Waals surface area contributed by atoms with Gasteiger partial charge < -0.3 is 10.1 Å². The first-order chi connectivity index (χ1) is 7.54. The molecule has 0 aromatic carbocycles. The average molecular weight is 222 g/mol. The second kappa shape index (κ2) is 5.85. The van der Waals surface area contributed by atoms with Crippen LogP contribution in [0.3, 0.4) is 0 Å². The highest BCUT2D eigenvalue weighted by Gasteiger charge is 2.10. The first-order valence-corrected chi connectivity index (χ1v) is 5.84. The monoisotopic (exact) mass is 222 g/mol. The number of nitrogens with zero attached hydrogens (tertiary/aromatic N) is 1. The standard InChI is InChI=1S/C13H22N2O/c1-9(2)11(4)16-13-7-6-12(8-15-13)10(3)14-5/h6-11,14H,1-5H3. The van der Waals surface area contributed by atoms with Gasteiger partial charge in [-0.1, -0.05) is 19.9 Å². The number of aromatic nitrogens is 1. The van der Waals surface area contributed by atoms with E-state index in [0.717, 1.165) is 0 Å². The second-order valence-electron chi connectivity index (χ2n) is 4.51. The van der Waals surface area contributed by atoms with E-state index in [1.165, 1.54) is 5.56 Å². The van der Waals surface area contributed by atoms with Crippen LogP contribution in [0.2, 0.25) is 0 Å². The van der Waals surface area contributed by atoms with E-state index in [-0.39, 0.29) is 6.10 Å². The number of hydrogen-bond acceptors (Lipinski definition) is 3. The van der Waals surface area contributed by atoms with Gasteiger partial charge in [0.05, 0.1) is 6.10 Å². The summed E-state index contributed by atoms with van der Waals surface area (Å²) in [6.45, 7) is 8.45. The molecule has 0 amide bonds. The van der Waals surface area contributed by atoms with E-state index in [4.69, 9.17) is 4.74 Å². The van der Waals surface area contributed by atoms with Crippen LogP contribution in [0.4, 0.5) is 0 Å². The molecule has 0 saturated carbocycles. The molecule has 0 aliphatic heterocycles. The first kappa shape index (κ1) is 13.0. The van der Waals surface area contributed by atoms with Crippen molar-refractivity contribution in [3.05, 3.63) is 23.9 Å². The molecule has 1 heterocycles. The molecule has 0 aliphatic rings. The summed E-state index contributed by atoms with van der Waals surface area (Å²) in [6, 6.07) is 4.31. The molecule has 2 unspecified atom stereocenters. The molecule has 1 aromatic heterocycles. The minimum atomic E-state index is 0.195. The van der Waals surface area contributed by atoms with Gasteiger partial charge >= 0.3 is 0 Å². The molecule has 1 aromatic rings. The zero-order chi connectivity index (χ0) is 12.1. The number of pyridine rings is 1. The van der Waals surface area contributed by atoms with Gasteiger partial charge in [0.25, 0.3) is 0 Å². The molecule has 0 fully saturated rings. The molecule has 0 bridgehead atoms. The average Bonchev–Trinajstić information content (AvgIpc) is 2.28. The molecule has 1 rings (SSSR count). The Balaban J connectivity index is 2.64. The third-order valence-electron chi connectivity index (χ3n) is 2.94. The molecule has 0 radical (unpaired) electrons. The molecule has 2 atom stereocenters. The minimum absolute atomic E-state index is 0.195. The van der Waals surface area contributed by atoms with Crippen LogP contribution in [0.5, 0.6) is 5.88 Å². The maximum Gasteiger partial charge on any atom is 0.213 e. The SMILES string of the molecule is CNC(C)c1ccc(OC(C)C(C)C)nc1. The van der Waals surface area contributed by atoms with Crippen molar-refractivity contribution in [2.24, 2.45) is 5.92 Å².